The second kappa shape index (κ2) is 10.2. The van der Waals surface area contributed by atoms with Gasteiger partial charge in [0.1, 0.15) is 0 Å². The van der Waals surface area contributed by atoms with Crippen LogP contribution in [-0.2, 0) is 12.8 Å². The minimum Gasteiger partial charge on any atom is -0.397 e. The van der Waals surface area contributed by atoms with Crippen molar-refractivity contribution in [1.29, 1.82) is 0 Å². The first kappa shape index (κ1) is 22.4. The van der Waals surface area contributed by atoms with E-state index >= 15 is 0 Å². The van der Waals surface area contributed by atoms with Crippen LogP contribution in [0.3, 0.4) is 0 Å². The van der Waals surface area contributed by atoms with Crippen LogP contribution in [0.2, 0.25) is 0 Å². The van der Waals surface area contributed by atoms with Crippen LogP contribution in [-0.4, -0.2) is 18.5 Å². The average Bonchev–Trinajstić information content (AvgIpc) is 3.28. The summed E-state index contributed by atoms with van der Waals surface area (Å²) in [6.07, 6.45) is 3.90. The number of nitrogens with one attached hydrogen (secondary N) is 3. The summed E-state index contributed by atoms with van der Waals surface area (Å²) in [7, 11) is 0. The first-order valence-corrected chi connectivity index (χ1v) is 11.2. The maximum Gasteiger partial charge on any atom is 0.319 e. The number of amides is 3. The van der Waals surface area contributed by atoms with Crippen molar-refractivity contribution in [1.82, 2.24) is 5.32 Å². The van der Waals surface area contributed by atoms with Gasteiger partial charge in [-0.15, -0.1) is 0 Å². The van der Waals surface area contributed by atoms with Gasteiger partial charge >= 0.3 is 6.03 Å². The van der Waals surface area contributed by atoms with E-state index in [0.29, 0.717) is 29.9 Å². The van der Waals surface area contributed by atoms with Crippen LogP contribution in [0.25, 0.3) is 0 Å². The fourth-order valence-electron chi connectivity index (χ4n) is 4.14. The van der Waals surface area contributed by atoms with Crippen molar-refractivity contribution >= 4 is 29.0 Å². The van der Waals surface area contributed by atoms with Gasteiger partial charge in [0.15, 0.2) is 0 Å². The summed E-state index contributed by atoms with van der Waals surface area (Å²) in [5.41, 5.74) is 17.6. The van der Waals surface area contributed by atoms with E-state index in [2.05, 4.69) is 22.0 Å². The second-order valence-electron chi connectivity index (χ2n) is 8.23. The Morgan fingerprint density at radius 3 is 2.42 bits per heavy atom. The molecular weight excluding hydrogens is 414 g/mol. The van der Waals surface area contributed by atoms with Crippen molar-refractivity contribution in [3.8, 4) is 0 Å². The van der Waals surface area contributed by atoms with Gasteiger partial charge in [-0.1, -0.05) is 30.3 Å². The number of hydrogen-bond acceptors (Lipinski definition) is 4. The Morgan fingerprint density at radius 2 is 1.67 bits per heavy atom. The van der Waals surface area contributed by atoms with E-state index in [4.69, 9.17) is 11.5 Å². The van der Waals surface area contributed by atoms with Crippen molar-refractivity contribution in [3.05, 3.63) is 89.0 Å². The number of benzene rings is 3. The molecule has 1 unspecified atom stereocenters. The maximum atomic E-state index is 12.6. The van der Waals surface area contributed by atoms with Gasteiger partial charge in [0.2, 0.25) is 0 Å². The van der Waals surface area contributed by atoms with Gasteiger partial charge in [0.25, 0.3) is 5.91 Å². The lowest BCUT2D eigenvalue weighted by molar-refractivity contribution is 0.102. The van der Waals surface area contributed by atoms with Crippen LogP contribution in [0.15, 0.2) is 66.7 Å². The largest absolute Gasteiger partial charge is 0.397 e. The predicted molar refractivity (Wildman–Crippen MR) is 132 cm³/mol. The number of aryl methyl sites for hydroxylation is 2. The highest BCUT2D eigenvalue weighted by atomic mass is 16.2. The van der Waals surface area contributed by atoms with Crippen LogP contribution in [0.4, 0.5) is 21.9 Å². The molecule has 3 amide bonds. The number of para-hydroxylation sites is 2. The molecule has 7 nitrogen and oxygen atoms in total. The molecule has 0 aromatic heterocycles. The summed E-state index contributed by atoms with van der Waals surface area (Å²) in [6.45, 7) is 0.416. The Kier molecular flexibility index (Phi) is 6.90. The Hall–Kier alpha value is -3.84. The minimum absolute atomic E-state index is 0.253. The molecule has 7 N–H and O–H groups in total. The van der Waals surface area contributed by atoms with Crippen molar-refractivity contribution in [3.63, 3.8) is 0 Å². The summed E-state index contributed by atoms with van der Waals surface area (Å²) in [5, 5.41) is 8.74. The molecule has 0 aliphatic heterocycles. The number of nitrogen functional groups attached to an aromatic ring is 1. The number of rotatable bonds is 7. The summed E-state index contributed by atoms with van der Waals surface area (Å²) in [4.78, 5) is 25.2. The van der Waals surface area contributed by atoms with E-state index < -0.39 is 0 Å². The van der Waals surface area contributed by atoms with Gasteiger partial charge in [0.05, 0.1) is 17.4 Å². The Bertz CT molecular complexity index is 1140. The van der Waals surface area contributed by atoms with Crippen molar-refractivity contribution in [2.75, 3.05) is 22.9 Å². The average molecular weight is 444 g/mol. The molecule has 0 fully saturated rings. The molecule has 1 aliphatic carbocycles. The fraction of sp³-hybridized carbons (Fsp3) is 0.231. The SMILES string of the molecule is NCCC(NC(=O)Nc1ccc2c(c1)CCC2)c1ccc(C(=O)Nc2ccccc2N)cc1. The van der Waals surface area contributed by atoms with E-state index in [0.717, 1.165) is 30.5 Å². The van der Waals surface area contributed by atoms with E-state index in [1.165, 1.54) is 11.1 Å². The minimum atomic E-state index is -0.284. The third-order valence-corrected chi connectivity index (χ3v) is 5.90. The van der Waals surface area contributed by atoms with Gasteiger partial charge < -0.3 is 27.4 Å². The van der Waals surface area contributed by atoms with Crippen molar-refractivity contribution in [2.24, 2.45) is 5.73 Å². The third kappa shape index (κ3) is 5.51. The van der Waals surface area contributed by atoms with Crippen molar-refractivity contribution in [2.45, 2.75) is 31.7 Å². The van der Waals surface area contributed by atoms with Gasteiger partial charge in [0, 0.05) is 11.3 Å². The second-order valence-corrected chi connectivity index (χ2v) is 8.23. The first-order valence-electron chi connectivity index (χ1n) is 11.2. The molecule has 0 heterocycles. The van der Waals surface area contributed by atoms with Gasteiger partial charge in [-0.3, -0.25) is 4.79 Å². The molecule has 4 rings (SSSR count). The molecule has 7 heteroatoms. The zero-order chi connectivity index (χ0) is 23.2. The summed E-state index contributed by atoms with van der Waals surface area (Å²) >= 11 is 0. The highest BCUT2D eigenvalue weighted by Gasteiger charge is 2.17. The zero-order valence-corrected chi connectivity index (χ0v) is 18.4. The first-order chi connectivity index (χ1) is 16.0. The van der Waals surface area contributed by atoms with Gasteiger partial charge in [-0.2, -0.15) is 0 Å². The monoisotopic (exact) mass is 443 g/mol. The molecule has 0 saturated heterocycles. The van der Waals surface area contributed by atoms with Crippen LogP contribution < -0.4 is 27.4 Å². The van der Waals surface area contributed by atoms with Crippen LogP contribution >= 0.6 is 0 Å². The summed E-state index contributed by atoms with van der Waals surface area (Å²) < 4.78 is 0. The number of carbonyl (C=O) groups is 2. The van der Waals surface area contributed by atoms with Crippen molar-refractivity contribution < 1.29 is 9.59 Å². The number of fused-ring (bicyclic) bond motifs is 1. The lowest BCUT2D eigenvalue weighted by Gasteiger charge is -2.19. The van der Waals surface area contributed by atoms with E-state index in [9.17, 15) is 9.59 Å². The molecule has 0 radical (unpaired) electrons. The number of nitrogens with two attached hydrogens (primary N) is 2. The molecule has 0 spiro atoms. The van der Waals surface area contributed by atoms with E-state index in [1.807, 2.05) is 36.4 Å². The summed E-state index contributed by atoms with van der Waals surface area (Å²) in [6, 6.07) is 19.7. The Balaban J connectivity index is 1.40. The smallest absolute Gasteiger partial charge is 0.319 e. The number of anilines is 3. The number of hydrogen-bond donors (Lipinski definition) is 5. The molecule has 0 saturated carbocycles. The molecule has 170 valence electrons. The molecule has 0 bridgehead atoms. The normalized spacial score (nSPS) is 13.1. The lowest BCUT2D eigenvalue weighted by atomic mass is 10.0. The van der Waals surface area contributed by atoms with Gasteiger partial charge in [-0.05, 0) is 85.3 Å². The number of carbonyl (C=O) groups excluding carboxylic acids is 2. The standard InChI is InChI=1S/C26H29N5O2/c27-15-14-23(31-26(33)29-21-13-12-17-4-3-5-20(17)16-21)18-8-10-19(11-9-18)25(32)30-24-7-2-1-6-22(24)28/h1-2,6-13,16,23H,3-5,14-15,27-28H2,(H,30,32)(H2,29,31,33). The quantitative estimate of drug-likeness (QED) is 0.351. The highest BCUT2D eigenvalue weighted by Crippen LogP contribution is 2.25. The molecule has 33 heavy (non-hydrogen) atoms. The molecular formula is C26H29N5O2. The third-order valence-electron chi connectivity index (χ3n) is 5.90. The fourth-order valence-corrected chi connectivity index (χ4v) is 4.14. The molecule has 3 aromatic rings. The Labute approximate surface area is 193 Å². The molecule has 3 aromatic carbocycles. The van der Waals surface area contributed by atoms with Crippen LogP contribution in [0.5, 0.6) is 0 Å². The van der Waals surface area contributed by atoms with E-state index in [1.54, 1.807) is 24.3 Å². The molecule has 1 atom stereocenters. The van der Waals surface area contributed by atoms with Gasteiger partial charge in [-0.25, -0.2) is 4.79 Å². The predicted octanol–water partition coefficient (Wildman–Crippen LogP) is 4.22. The van der Waals surface area contributed by atoms with Crippen LogP contribution in [0, 0.1) is 0 Å². The molecule has 1 aliphatic rings. The Morgan fingerprint density at radius 1 is 0.909 bits per heavy atom. The highest BCUT2D eigenvalue weighted by molar-refractivity contribution is 6.05. The summed E-state index contributed by atoms with van der Waals surface area (Å²) in [5.74, 6) is -0.253. The van der Waals surface area contributed by atoms with Crippen LogP contribution in [0.1, 0.15) is 45.9 Å². The van der Waals surface area contributed by atoms with E-state index in [-0.39, 0.29) is 18.0 Å². The topological polar surface area (TPSA) is 122 Å². The maximum absolute atomic E-state index is 12.6. The number of urea groups is 1. The zero-order valence-electron chi connectivity index (χ0n) is 18.4. The lowest BCUT2D eigenvalue weighted by Crippen LogP contribution is -2.33.